The van der Waals surface area contributed by atoms with E-state index < -0.39 is 0 Å². The minimum atomic E-state index is -0.106. The molecule has 0 spiro atoms. The van der Waals surface area contributed by atoms with Crippen molar-refractivity contribution in [1.82, 2.24) is 0 Å². The SMILES string of the molecule is CO/C=C1/[C@@H](CCC2(C)SCCCS2)[C@H](C)CC[C@H]1[C@@H](C)C(=O)OC. The van der Waals surface area contributed by atoms with Crippen LogP contribution < -0.4 is 0 Å². The summed E-state index contributed by atoms with van der Waals surface area (Å²) >= 11 is 4.25. The molecule has 0 aromatic rings. The highest BCUT2D eigenvalue weighted by Gasteiger charge is 2.39. The van der Waals surface area contributed by atoms with Crippen LogP contribution in [0.4, 0.5) is 0 Å². The van der Waals surface area contributed by atoms with Gasteiger partial charge < -0.3 is 9.47 Å². The monoisotopic (exact) mass is 386 g/mol. The Labute approximate surface area is 162 Å². The second-order valence-corrected chi connectivity index (χ2v) is 11.1. The lowest BCUT2D eigenvalue weighted by atomic mass is 9.66. The third-order valence-electron chi connectivity index (χ3n) is 5.92. The van der Waals surface area contributed by atoms with Crippen molar-refractivity contribution in [3.05, 3.63) is 11.8 Å². The molecular weight excluding hydrogens is 352 g/mol. The maximum atomic E-state index is 12.1. The van der Waals surface area contributed by atoms with E-state index in [4.69, 9.17) is 9.47 Å². The average Bonchev–Trinajstić information content (AvgIpc) is 2.61. The fraction of sp³-hybridized carbons (Fsp3) is 0.850. The van der Waals surface area contributed by atoms with Gasteiger partial charge in [-0.2, -0.15) is 0 Å². The number of carbonyl (C=O) groups is 1. The molecular formula is C20H34O3S2. The smallest absolute Gasteiger partial charge is 0.308 e. The fourth-order valence-corrected chi connectivity index (χ4v) is 7.28. The van der Waals surface area contributed by atoms with Gasteiger partial charge in [-0.25, -0.2) is 0 Å². The quantitative estimate of drug-likeness (QED) is 0.454. The first-order valence-corrected chi connectivity index (χ1v) is 11.5. The first kappa shape index (κ1) is 21.0. The molecule has 1 heterocycles. The van der Waals surface area contributed by atoms with Crippen LogP contribution >= 0.6 is 23.5 Å². The van der Waals surface area contributed by atoms with Gasteiger partial charge >= 0.3 is 5.97 Å². The molecule has 4 atom stereocenters. The van der Waals surface area contributed by atoms with Crippen LogP contribution in [0, 0.1) is 23.7 Å². The summed E-state index contributed by atoms with van der Waals surface area (Å²) in [6.45, 7) is 6.77. The number of methoxy groups -OCH3 is 2. The number of thioether (sulfide) groups is 2. The Morgan fingerprint density at radius 3 is 2.60 bits per heavy atom. The number of rotatable bonds is 6. The van der Waals surface area contributed by atoms with Gasteiger partial charge in [0.25, 0.3) is 0 Å². The normalized spacial score (nSPS) is 32.2. The van der Waals surface area contributed by atoms with Crippen molar-refractivity contribution >= 4 is 29.5 Å². The molecule has 1 saturated carbocycles. The van der Waals surface area contributed by atoms with Gasteiger partial charge in [0, 0.05) is 0 Å². The van der Waals surface area contributed by atoms with Crippen molar-refractivity contribution in [2.24, 2.45) is 23.7 Å². The molecule has 0 amide bonds. The summed E-state index contributed by atoms with van der Waals surface area (Å²) in [5.41, 5.74) is 1.33. The van der Waals surface area contributed by atoms with Crippen LogP contribution in [0.5, 0.6) is 0 Å². The van der Waals surface area contributed by atoms with Crippen molar-refractivity contribution in [3.8, 4) is 0 Å². The highest BCUT2D eigenvalue weighted by atomic mass is 32.2. The lowest BCUT2D eigenvalue weighted by Crippen LogP contribution is -2.34. The van der Waals surface area contributed by atoms with Crippen LogP contribution in [-0.2, 0) is 14.3 Å². The Kier molecular flexibility index (Phi) is 8.06. The Balaban J connectivity index is 2.12. The largest absolute Gasteiger partial charge is 0.504 e. The van der Waals surface area contributed by atoms with E-state index in [2.05, 4.69) is 37.4 Å². The lowest BCUT2D eigenvalue weighted by molar-refractivity contribution is -0.146. The molecule has 1 aliphatic heterocycles. The first-order chi connectivity index (χ1) is 11.9. The maximum absolute atomic E-state index is 12.1. The summed E-state index contributed by atoms with van der Waals surface area (Å²) in [5, 5.41) is 0. The summed E-state index contributed by atoms with van der Waals surface area (Å²) in [4.78, 5) is 12.1. The van der Waals surface area contributed by atoms with E-state index in [9.17, 15) is 4.79 Å². The molecule has 2 fully saturated rings. The van der Waals surface area contributed by atoms with E-state index in [1.165, 1.54) is 49.9 Å². The van der Waals surface area contributed by atoms with Crippen molar-refractivity contribution < 1.29 is 14.3 Å². The third-order valence-corrected chi connectivity index (χ3v) is 9.24. The predicted octanol–water partition coefficient (Wildman–Crippen LogP) is 5.35. The number of allylic oxidation sites excluding steroid dienone is 1. The predicted molar refractivity (Wildman–Crippen MR) is 109 cm³/mol. The maximum Gasteiger partial charge on any atom is 0.308 e. The summed E-state index contributed by atoms with van der Waals surface area (Å²) in [6, 6.07) is 0. The molecule has 1 saturated heterocycles. The molecule has 144 valence electrons. The number of ether oxygens (including phenoxy) is 2. The van der Waals surface area contributed by atoms with Crippen molar-refractivity contribution in [2.45, 2.75) is 57.0 Å². The van der Waals surface area contributed by atoms with Gasteiger partial charge in [0.1, 0.15) is 0 Å². The second kappa shape index (κ2) is 9.59. The van der Waals surface area contributed by atoms with Gasteiger partial charge in [0.05, 0.1) is 30.5 Å². The zero-order valence-electron chi connectivity index (χ0n) is 16.4. The van der Waals surface area contributed by atoms with E-state index in [-0.39, 0.29) is 17.8 Å². The molecule has 0 N–H and O–H groups in total. The van der Waals surface area contributed by atoms with Crippen LogP contribution in [-0.4, -0.2) is 35.8 Å². The number of hydrogen-bond donors (Lipinski definition) is 0. The summed E-state index contributed by atoms with van der Waals surface area (Å²) < 4.78 is 10.8. The van der Waals surface area contributed by atoms with E-state index in [0.717, 1.165) is 6.42 Å². The molecule has 0 aromatic carbocycles. The van der Waals surface area contributed by atoms with E-state index in [1.54, 1.807) is 7.11 Å². The summed E-state index contributed by atoms with van der Waals surface area (Å²) in [5.74, 6) is 3.75. The van der Waals surface area contributed by atoms with Crippen molar-refractivity contribution in [3.63, 3.8) is 0 Å². The third kappa shape index (κ3) is 5.35. The van der Waals surface area contributed by atoms with Gasteiger partial charge in [0.2, 0.25) is 0 Å². The fourth-order valence-electron chi connectivity index (χ4n) is 4.30. The molecule has 25 heavy (non-hydrogen) atoms. The standard InChI is InChI=1S/C20H34O3S2/c1-14-7-8-17(15(2)19(21)23-5)18(13-22-4)16(14)9-10-20(3)24-11-6-12-25-20/h13-17H,6-12H2,1-5H3/b18-13-/t14-,15-,16+,17+/m1/s1. The molecule has 1 aliphatic carbocycles. The molecule has 3 nitrogen and oxygen atoms in total. The summed E-state index contributed by atoms with van der Waals surface area (Å²) in [6.07, 6.45) is 7.87. The topological polar surface area (TPSA) is 35.5 Å². The van der Waals surface area contributed by atoms with E-state index in [0.29, 0.717) is 15.9 Å². The Hall–Kier alpha value is -0.290. The zero-order valence-corrected chi connectivity index (χ0v) is 18.0. The van der Waals surface area contributed by atoms with Crippen LogP contribution in [0.15, 0.2) is 11.8 Å². The Morgan fingerprint density at radius 2 is 2.00 bits per heavy atom. The number of carbonyl (C=O) groups excluding carboxylic acids is 1. The highest BCUT2D eigenvalue weighted by molar-refractivity contribution is 8.18. The zero-order chi connectivity index (χ0) is 18.4. The lowest BCUT2D eigenvalue weighted by Gasteiger charge is -2.41. The minimum absolute atomic E-state index is 0.101. The average molecular weight is 387 g/mol. The van der Waals surface area contributed by atoms with Crippen LogP contribution in [0.1, 0.15) is 52.9 Å². The van der Waals surface area contributed by atoms with Gasteiger partial charge in [-0.15, -0.1) is 23.5 Å². The van der Waals surface area contributed by atoms with Crippen molar-refractivity contribution in [1.29, 1.82) is 0 Å². The Bertz CT molecular complexity index is 472. The number of hydrogen-bond acceptors (Lipinski definition) is 5. The molecule has 2 aliphatic rings. The first-order valence-electron chi connectivity index (χ1n) is 9.50. The van der Waals surface area contributed by atoms with Gasteiger partial charge in [0.15, 0.2) is 0 Å². The van der Waals surface area contributed by atoms with E-state index >= 15 is 0 Å². The molecule has 0 unspecified atom stereocenters. The molecule has 0 bridgehead atoms. The van der Waals surface area contributed by atoms with E-state index in [1.807, 2.05) is 13.2 Å². The second-order valence-electron chi connectivity index (χ2n) is 7.66. The van der Waals surface area contributed by atoms with Crippen LogP contribution in [0.2, 0.25) is 0 Å². The van der Waals surface area contributed by atoms with Gasteiger partial charge in [-0.3, -0.25) is 4.79 Å². The highest BCUT2D eigenvalue weighted by Crippen LogP contribution is 2.49. The Morgan fingerprint density at radius 1 is 1.32 bits per heavy atom. The number of esters is 1. The molecule has 5 heteroatoms. The summed E-state index contributed by atoms with van der Waals surface area (Å²) in [7, 11) is 3.21. The van der Waals surface area contributed by atoms with Crippen molar-refractivity contribution in [2.75, 3.05) is 25.7 Å². The van der Waals surface area contributed by atoms with Gasteiger partial charge in [-0.05, 0) is 73.9 Å². The molecule has 2 rings (SSSR count). The molecule has 0 aromatic heterocycles. The van der Waals surface area contributed by atoms with Crippen LogP contribution in [0.3, 0.4) is 0 Å². The van der Waals surface area contributed by atoms with Gasteiger partial charge in [-0.1, -0.05) is 13.8 Å². The van der Waals surface area contributed by atoms with Crippen LogP contribution in [0.25, 0.3) is 0 Å². The minimum Gasteiger partial charge on any atom is -0.504 e. The molecule has 0 radical (unpaired) electrons.